The lowest BCUT2D eigenvalue weighted by Crippen LogP contribution is -2.10. The zero-order valence-electron chi connectivity index (χ0n) is 18.7. The van der Waals surface area contributed by atoms with Gasteiger partial charge in [0.15, 0.2) is 0 Å². The number of ether oxygens (including phenoxy) is 1. The fraction of sp³-hybridized carbons (Fsp3) is 0.0741. The first-order valence-corrected chi connectivity index (χ1v) is 10.7. The molecule has 7 heteroatoms. The molecule has 7 nitrogen and oxygen atoms in total. The van der Waals surface area contributed by atoms with Gasteiger partial charge >= 0.3 is 5.97 Å². The molecule has 168 valence electrons. The number of aromatic nitrogens is 2. The van der Waals surface area contributed by atoms with Crippen molar-refractivity contribution in [2.45, 2.75) is 0 Å². The van der Waals surface area contributed by atoms with Crippen LogP contribution in [0.15, 0.2) is 85.2 Å². The molecule has 0 spiro atoms. The molecule has 1 aliphatic rings. The molecular formula is C27H22N4O3. The molecule has 2 N–H and O–H groups in total. The minimum atomic E-state index is -0.455. The van der Waals surface area contributed by atoms with Gasteiger partial charge in [0.1, 0.15) is 5.82 Å². The number of fused-ring (bicyclic) bond motifs is 1. The molecule has 0 saturated heterocycles. The fourth-order valence-electron chi connectivity index (χ4n) is 4.04. The van der Waals surface area contributed by atoms with Crippen molar-refractivity contribution in [3.8, 4) is 11.4 Å². The van der Waals surface area contributed by atoms with Crippen molar-refractivity contribution >= 4 is 34.5 Å². The van der Waals surface area contributed by atoms with Crippen LogP contribution in [0.2, 0.25) is 0 Å². The first kappa shape index (κ1) is 21.2. The van der Waals surface area contributed by atoms with Crippen molar-refractivity contribution in [2.75, 3.05) is 17.7 Å². The molecule has 0 aliphatic carbocycles. The number of imidazole rings is 1. The van der Waals surface area contributed by atoms with Gasteiger partial charge in [-0.15, -0.1) is 0 Å². The highest BCUT2D eigenvalue weighted by atomic mass is 16.5. The summed E-state index contributed by atoms with van der Waals surface area (Å²) in [7, 11) is 3.28. The van der Waals surface area contributed by atoms with Gasteiger partial charge in [-0.05, 0) is 42.0 Å². The first-order chi connectivity index (χ1) is 16.5. The minimum Gasteiger partial charge on any atom is -0.465 e. The second-order valence-electron chi connectivity index (χ2n) is 7.89. The van der Waals surface area contributed by atoms with Gasteiger partial charge in [-0.1, -0.05) is 36.4 Å². The van der Waals surface area contributed by atoms with Gasteiger partial charge in [0.05, 0.1) is 29.6 Å². The Morgan fingerprint density at radius 3 is 2.44 bits per heavy atom. The Morgan fingerprint density at radius 1 is 1.00 bits per heavy atom. The average Bonchev–Trinajstić information content (AvgIpc) is 3.44. The van der Waals surface area contributed by atoms with Crippen LogP contribution in [-0.2, 0) is 16.6 Å². The van der Waals surface area contributed by atoms with Crippen molar-refractivity contribution in [3.63, 3.8) is 0 Å². The highest BCUT2D eigenvalue weighted by Crippen LogP contribution is 2.38. The van der Waals surface area contributed by atoms with E-state index in [2.05, 4.69) is 15.6 Å². The summed E-state index contributed by atoms with van der Waals surface area (Å²) in [6.45, 7) is 0. The maximum Gasteiger partial charge on any atom is 0.337 e. The summed E-state index contributed by atoms with van der Waals surface area (Å²) in [5, 5.41) is 6.33. The molecule has 0 unspecified atom stereocenters. The molecule has 0 bridgehead atoms. The lowest BCUT2D eigenvalue weighted by Gasteiger charge is -2.15. The number of anilines is 2. The molecule has 0 radical (unpaired) electrons. The number of aryl methyl sites for hydroxylation is 1. The Hall–Kier alpha value is -4.65. The number of rotatable bonds is 5. The zero-order chi connectivity index (χ0) is 23.7. The number of hydrogen-bond donors (Lipinski definition) is 2. The predicted octanol–water partition coefficient (Wildman–Crippen LogP) is 4.81. The third kappa shape index (κ3) is 3.84. The molecular weight excluding hydrogens is 428 g/mol. The van der Waals surface area contributed by atoms with E-state index in [4.69, 9.17) is 4.74 Å². The van der Waals surface area contributed by atoms with Crippen LogP contribution in [0.4, 0.5) is 11.4 Å². The molecule has 1 amide bonds. The molecule has 0 atom stereocenters. The van der Waals surface area contributed by atoms with Crippen LogP contribution >= 0.6 is 0 Å². The smallest absolute Gasteiger partial charge is 0.337 e. The fourth-order valence-corrected chi connectivity index (χ4v) is 4.04. The first-order valence-electron chi connectivity index (χ1n) is 10.7. The quantitative estimate of drug-likeness (QED) is 0.337. The molecule has 3 aromatic carbocycles. The summed E-state index contributed by atoms with van der Waals surface area (Å²) in [4.78, 5) is 29.4. The number of esters is 1. The molecule has 34 heavy (non-hydrogen) atoms. The van der Waals surface area contributed by atoms with Crippen LogP contribution in [0.1, 0.15) is 21.5 Å². The molecule has 4 aromatic rings. The van der Waals surface area contributed by atoms with Gasteiger partial charge in [-0.25, -0.2) is 9.78 Å². The summed E-state index contributed by atoms with van der Waals surface area (Å²) >= 11 is 0. The minimum absolute atomic E-state index is 0.243. The van der Waals surface area contributed by atoms with Crippen molar-refractivity contribution in [1.82, 2.24) is 9.55 Å². The number of hydrogen-bond acceptors (Lipinski definition) is 5. The maximum absolute atomic E-state index is 13.1. The predicted molar refractivity (Wildman–Crippen MR) is 132 cm³/mol. The summed E-state index contributed by atoms with van der Waals surface area (Å²) in [5.41, 5.74) is 5.53. The van der Waals surface area contributed by atoms with Gasteiger partial charge in [0.2, 0.25) is 0 Å². The summed E-state index contributed by atoms with van der Waals surface area (Å²) in [5.74, 6) is 0.176. The lowest BCUT2D eigenvalue weighted by atomic mass is 9.99. The van der Waals surface area contributed by atoms with E-state index in [1.54, 1.807) is 24.4 Å². The third-order valence-electron chi connectivity index (χ3n) is 5.73. The molecule has 1 aliphatic heterocycles. The standard InChI is InChI=1S/C27H22N4O3/c1-31-15-14-28-25(31)18-8-11-20(12-9-18)29-24(17-6-4-3-5-7-17)23-21-13-10-19(27(33)34-2)16-22(21)30-26(23)32/h3-16,29H,1-2H3,(H,30,32). The Bertz CT molecular complexity index is 1420. The summed E-state index contributed by atoms with van der Waals surface area (Å²) < 4.78 is 6.77. The van der Waals surface area contributed by atoms with Gasteiger partial charge in [0.25, 0.3) is 5.91 Å². The Kier molecular flexibility index (Phi) is 5.43. The topological polar surface area (TPSA) is 85.2 Å². The molecule has 2 heterocycles. The zero-order valence-corrected chi connectivity index (χ0v) is 18.7. The Labute approximate surface area is 196 Å². The second-order valence-corrected chi connectivity index (χ2v) is 7.89. The second kappa shape index (κ2) is 8.71. The molecule has 1 aromatic heterocycles. The number of methoxy groups -OCH3 is 1. The van der Waals surface area contributed by atoms with Crippen molar-refractivity contribution in [2.24, 2.45) is 7.05 Å². The number of nitrogens with one attached hydrogen (secondary N) is 2. The Balaban J connectivity index is 1.58. The van der Waals surface area contributed by atoms with E-state index in [0.717, 1.165) is 22.6 Å². The van der Waals surface area contributed by atoms with E-state index < -0.39 is 5.97 Å². The van der Waals surface area contributed by atoms with Crippen molar-refractivity contribution < 1.29 is 14.3 Å². The SMILES string of the molecule is COC(=O)c1ccc2c(c1)NC(=O)C2=C(Nc1ccc(-c2nccn2C)cc1)c1ccccc1. The summed E-state index contributed by atoms with van der Waals surface area (Å²) in [6, 6.07) is 22.6. The van der Waals surface area contributed by atoms with E-state index in [1.165, 1.54) is 7.11 Å². The van der Waals surface area contributed by atoms with Crippen LogP contribution in [-0.4, -0.2) is 28.5 Å². The van der Waals surface area contributed by atoms with E-state index in [-0.39, 0.29) is 5.91 Å². The van der Waals surface area contributed by atoms with Gasteiger partial charge in [-0.3, -0.25) is 4.79 Å². The molecule has 5 rings (SSSR count). The van der Waals surface area contributed by atoms with Crippen molar-refractivity contribution in [3.05, 3.63) is 102 Å². The number of nitrogens with zero attached hydrogens (tertiary/aromatic N) is 2. The number of carbonyl (C=O) groups is 2. The highest BCUT2D eigenvalue weighted by molar-refractivity contribution is 6.37. The van der Waals surface area contributed by atoms with Crippen molar-refractivity contribution in [1.29, 1.82) is 0 Å². The van der Waals surface area contributed by atoms with Gasteiger partial charge in [0, 0.05) is 36.3 Å². The molecule has 0 fully saturated rings. The van der Waals surface area contributed by atoms with E-state index in [9.17, 15) is 9.59 Å². The van der Waals surface area contributed by atoms with Gasteiger partial charge < -0.3 is 19.9 Å². The number of amides is 1. The third-order valence-corrected chi connectivity index (χ3v) is 5.73. The van der Waals surface area contributed by atoms with E-state index in [0.29, 0.717) is 28.1 Å². The number of carbonyl (C=O) groups excluding carboxylic acids is 2. The van der Waals surface area contributed by atoms with E-state index >= 15 is 0 Å². The number of benzene rings is 3. The van der Waals surface area contributed by atoms with Crippen LogP contribution in [0, 0.1) is 0 Å². The van der Waals surface area contributed by atoms with Crippen LogP contribution in [0.3, 0.4) is 0 Å². The van der Waals surface area contributed by atoms with Gasteiger partial charge in [-0.2, -0.15) is 0 Å². The van der Waals surface area contributed by atoms with E-state index in [1.807, 2.05) is 72.4 Å². The summed E-state index contributed by atoms with van der Waals surface area (Å²) in [6.07, 6.45) is 3.67. The monoisotopic (exact) mass is 450 g/mol. The molecule has 0 saturated carbocycles. The highest BCUT2D eigenvalue weighted by Gasteiger charge is 2.29. The largest absolute Gasteiger partial charge is 0.465 e. The van der Waals surface area contributed by atoms with Crippen LogP contribution < -0.4 is 10.6 Å². The lowest BCUT2D eigenvalue weighted by molar-refractivity contribution is -0.110. The van der Waals surface area contributed by atoms with Crippen LogP contribution in [0.5, 0.6) is 0 Å². The maximum atomic E-state index is 13.1. The van der Waals surface area contributed by atoms with Crippen LogP contribution in [0.25, 0.3) is 22.7 Å². The average molecular weight is 450 g/mol. The Morgan fingerprint density at radius 2 is 1.76 bits per heavy atom. The normalized spacial score (nSPS) is 13.8.